The van der Waals surface area contributed by atoms with Crippen molar-refractivity contribution in [2.45, 2.75) is 30.7 Å². The average molecular weight is 391 g/mol. The Labute approximate surface area is 160 Å². The van der Waals surface area contributed by atoms with Gasteiger partial charge in [-0.15, -0.1) is 0 Å². The maximum absolute atomic E-state index is 12.1. The van der Waals surface area contributed by atoms with Gasteiger partial charge < -0.3 is 14.8 Å². The molecule has 0 bridgehead atoms. The molecule has 1 unspecified atom stereocenters. The van der Waals surface area contributed by atoms with Crippen LogP contribution in [0.4, 0.5) is 0 Å². The van der Waals surface area contributed by atoms with Crippen molar-refractivity contribution in [3.05, 3.63) is 54.1 Å². The van der Waals surface area contributed by atoms with Crippen LogP contribution < -0.4 is 14.8 Å². The fourth-order valence-corrected chi connectivity index (χ4v) is 3.13. The lowest BCUT2D eigenvalue weighted by molar-refractivity contribution is -0.121. The normalized spacial score (nSPS) is 12.3. The molecule has 7 heteroatoms. The number of methoxy groups -OCH3 is 1. The van der Waals surface area contributed by atoms with E-state index in [9.17, 15) is 13.2 Å². The molecule has 27 heavy (non-hydrogen) atoms. The van der Waals surface area contributed by atoms with Crippen molar-refractivity contribution in [2.75, 3.05) is 20.0 Å². The van der Waals surface area contributed by atoms with Crippen LogP contribution in [0, 0.1) is 0 Å². The van der Waals surface area contributed by atoms with Gasteiger partial charge in [0.2, 0.25) is 5.91 Å². The molecule has 2 aromatic carbocycles. The first-order chi connectivity index (χ1) is 12.8. The minimum atomic E-state index is -3.22. The van der Waals surface area contributed by atoms with Gasteiger partial charge in [0.25, 0.3) is 0 Å². The summed E-state index contributed by atoms with van der Waals surface area (Å²) in [5.74, 6) is 1.42. The average Bonchev–Trinajstić information content (AvgIpc) is 2.65. The second kappa shape index (κ2) is 9.41. The Bertz CT molecular complexity index is 845. The van der Waals surface area contributed by atoms with E-state index in [-0.39, 0.29) is 16.8 Å². The highest BCUT2D eigenvalue weighted by molar-refractivity contribution is 7.90. The van der Waals surface area contributed by atoms with Crippen LogP contribution in [0.2, 0.25) is 0 Å². The summed E-state index contributed by atoms with van der Waals surface area (Å²) in [6.45, 7) is 2.30. The quantitative estimate of drug-likeness (QED) is 0.664. The standard InChI is InChI=1S/C20H25NO5S/c1-15(16-6-12-19(13-7-16)27(3,23)24)21-20(22)5-4-14-26-18-10-8-17(25-2)9-11-18/h6-13,15H,4-5,14H2,1-3H3,(H,21,22). The highest BCUT2D eigenvalue weighted by atomic mass is 32.2. The fraction of sp³-hybridized carbons (Fsp3) is 0.350. The smallest absolute Gasteiger partial charge is 0.220 e. The van der Waals surface area contributed by atoms with Crippen LogP contribution in [-0.2, 0) is 14.6 Å². The molecule has 1 N–H and O–H groups in total. The van der Waals surface area contributed by atoms with Gasteiger partial charge in [0.1, 0.15) is 11.5 Å². The summed E-state index contributed by atoms with van der Waals surface area (Å²) >= 11 is 0. The van der Waals surface area contributed by atoms with Crippen LogP contribution in [0.1, 0.15) is 31.4 Å². The molecule has 2 rings (SSSR count). The molecule has 146 valence electrons. The summed E-state index contributed by atoms with van der Waals surface area (Å²) in [5, 5.41) is 2.91. The third kappa shape index (κ3) is 6.60. The van der Waals surface area contributed by atoms with Crippen molar-refractivity contribution in [2.24, 2.45) is 0 Å². The first kappa shape index (κ1) is 20.8. The predicted molar refractivity (Wildman–Crippen MR) is 104 cm³/mol. The lowest BCUT2D eigenvalue weighted by Gasteiger charge is -2.15. The number of benzene rings is 2. The zero-order valence-electron chi connectivity index (χ0n) is 15.8. The number of amides is 1. The first-order valence-electron chi connectivity index (χ1n) is 8.66. The van der Waals surface area contributed by atoms with E-state index in [4.69, 9.17) is 9.47 Å². The number of carbonyl (C=O) groups excluding carboxylic acids is 1. The maximum atomic E-state index is 12.1. The number of carbonyl (C=O) groups is 1. The summed E-state index contributed by atoms with van der Waals surface area (Å²) in [6, 6.07) is 13.6. The Hall–Kier alpha value is -2.54. The van der Waals surface area contributed by atoms with E-state index in [1.54, 1.807) is 31.4 Å². The van der Waals surface area contributed by atoms with Crippen LogP contribution in [-0.4, -0.2) is 34.3 Å². The third-order valence-corrected chi connectivity index (χ3v) is 5.19. The van der Waals surface area contributed by atoms with Crippen molar-refractivity contribution in [1.82, 2.24) is 5.32 Å². The first-order valence-corrected chi connectivity index (χ1v) is 10.5. The van der Waals surface area contributed by atoms with Crippen LogP contribution >= 0.6 is 0 Å². The molecular formula is C20H25NO5S. The molecule has 0 radical (unpaired) electrons. The second-order valence-electron chi connectivity index (χ2n) is 6.26. The largest absolute Gasteiger partial charge is 0.497 e. The molecule has 1 amide bonds. The molecule has 0 spiro atoms. The summed E-state index contributed by atoms with van der Waals surface area (Å²) in [4.78, 5) is 12.3. The fourth-order valence-electron chi connectivity index (χ4n) is 2.50. The SMILES string of the molecule is COc1ccc(OCCCC(=O)NC(C)c2ccc(S(C)(=O)=O)cc2)cc1. The summed E-state index contributed by atoms with van der Waals surface area (Å²) < 4.78 is 33.7. The van der Waals surface area contributed by atoms with Gasteiger partial charge in [-0.05, 0) is 55.3 Å². The second-order valence-corrected chi connectivity index (χ2v) is 8.27. The Morgan fingerprint density at radius 1 is 1.04 bits per heavy atom. The van der Waals surface area contributed by atoms with Crippen LogP contribution in [0.15, 0.2) is 53.4 Å². The molecule has 0 saturated carbocycles. The number of hydrogen-bond acceptors (Lipinski definition) is 5. The van der Waals surface area contributed by atoms with Crippen molar-refractivity contribution >= 4 is 15.7 Å². The predicted octanol–water partition coefficient (Wildman–Crippen LogP) is 3.14. The zero-order chi connectivity index (χ0) is 19.9. The van der Waals surface area contributed by atoms with Gasteiger partial charge in [0.05, 0.1) is 24.7 Å². The Morgan fingerprint density at radius 2 is 1.63 bits per heavy atom. The molecule has 0 aromatic heterocycles. The van der Waals surface area contributed by atoms with Crippen LogP contribution in [0.3, 0.4) is 0 Å². The Kier molecular flexibility index (Phi) is 7.24. The van der Waals surface area contributed by atoms with E-state index in [2.05, 4.69) is 5.32 Å². The molecule has 6 nitrogen and oxygen atoms in total. The number of hydrogen-bond donors (Lipinski definition) is 1. The maximum Gasteiger partial charge on any atom is 0.220 e. The van der Waals surface area contributed by atoms with Gasteiger partial charge in [-0.3, -0.25) is 4.79 Å². The molecule has 0 saturated heterocycles. The lowest BCUT2D eigenvalue weighted by atomic mass is 10.1. The molecule has 0 aliphatic carbocycles. The minimum absolute atomic E-state index is 0.0759. The van der Waals surface area contributed by atoms with Gasteiger partial charge in [-0.1, -0.05) is 12.1 Å². The van der Waals surface area contributed by atoms with Crippen molar-refractivity contribution < 1.29 is 22.7 Å². The van der Waals surface area contributed by atoms with Gasteiger partial charge in [-0.2, -0.15) is 0 Å². The van der Waals surface area contributed by atoms with Gasteiger partial charge >= 0.3 is 0 Å². The van der Waals surface area contributed by atoms with Gasteiger partial charge in [0.15, 0.2) is 9.84 Å². The zero-order valence-corrected chi connectivity index (χ0v) is 16.6. The molecular weight excluding hydrogens is 366 g/mol. The van der Waals surface area contributed by atoms with E-state index < -0.39 is 9.84 Å². The number of ether oxygens (including phenoxy) is 2. The summed E-state index contributed by atoms with van der Waals surface area (Å²) in [7, 11) is -1.61. The van der Waals surface area contributed by atoms with Crippen molar-refractivity contribution in [3.8, 4) is 11.5 Å². The summed E-state index contributed by atoms with van der Waals surface area (Å²) in [6.07, 6.45) is 2.11. The number of sulfone groups is 1. The van der Waals surface area contributed by atoms with E-state index in [1.165, 1.54) is 6.26 Å². The van der Waals surface area contributed by atoms with Crippen molar-refractivity contribution in [1.29, 1.82) is 0 Å². The minimum Gasteiger partial charge on any atom is -0.497 e. The Balaban J connectivity index is 1.74. The van der Waals surface area contributed by atoms with Crippen LogP contribution in [0.5, 0.6) is 11.5 Å². The molecule has 2 aromatic rings. The van der Waals surface area contributed by atoms with Gasteiger partial charge in [0, 0.05) is 12.7 Å². The van der Waals surface area contributed by atoms with Gasteiger partial charge in [-0.25, -0.2) is 8.42 Å². The van der Waals surface area contributed by atoms with E-state index >= 15 is 0 Å². The highest BCUT2D eigenvalue weighted by Gasteiger charge is 2.12. The number of nitrogens with one attached hydrogen (secondary N) is 1. The third-order valence-electron chi connectivity index (χ3n) is 4.06. The topological polar surface area (TPSA) is 81.7 Å². The van der Waals surface area contributed by atoms with E-state index in [0.29, 0.717) is 19.4 Å². The molecule has 0 aliphatic heterocycles. The summed E-state index contributed by atoms with van der Waals surface area (Å²) in [5.41, 5.74) is 0.852. The van der Waals surface area contributed by atoms with Crippen molar-refractivity contribution in [3.63, 3.8) is 0 Å². The monoisotopic (exact) mass is 391 g/mol. The number of rotatable bonds is 9. The van der Waals surface area contributed by atoms with E-state index in [0.717, 1.165) is 17.1 Å². The molecule has 1 atom stereocenters. The molecule has 0 fully saturated rings. The van der Waals surface area contributed by atoms with Crippen LogP contribution in [0.25, 0.3) is 0 Å². The molecule has 0 aliphatic rings. The van der Waals surface area contributed by atoms with E-state index in [1.807, 2.05) is 31.2 Å². The highest BCUT2D eigenvalue weighted by Crippen LogP contribution is 2.18. The molecule has 0 heterocycles. The Morgan fingerprint density at radius 3 is 2.19 bits per heavy atom. The lowest BCUT2D eigenvalue weighted by Crippen LogP contribution is -2.26.